The number of carboxylic acids is 1. The van der Waals surface area contributed by atoms with Crippen LogP contribution in [-0.4, -0.2) is 37.5 Å². The predicted molar refractivity (Wildman–Crippen MR) is 72.3 cm³/mol. The molecule has 110 valence electrons. The van der Waals surface area contributed by atoms with Crippen molar-refractivity contribution in [3.63, 3.8) is 0 Å². The van der Waals surface area contributed by atoms with Gasteiger partial charge >= 0.3 is 5.97 Å². The third-order valence-corrected chi connectivity index (χ3v) is 2.97. The molecule has 0 saturated heterocycles. The van der Waals surface area contributed by atoms with E-state index in [-0.39, 0.29) is 23.4 Å². The molecule has 0 aliphatic rings. The zero-order valence-electron chi connectivity index (χ0n) is 11.1. The van der Waals surface area contributed by atoms with E-state index in [4.69, 9.17) is 5.11 Å². The van der Waals surface area contributed by atoms with Crippen LogP contribution in [0.5, 0.6) is 5.75 Å². The topological polar surface area (TPSA) is 121 Å². The highest BCUT2D eigenvalue weighted by Crippen LogP contribution is 2.12. The molecule has 0 bridgehead atoms. The smallest absolute Gasteiger partial charge is 0.326 e. The molecule has 2 heterocycles. The summed E-state index contributed by atoms with van der Waals surface area (Å²) < 4.78 is 1.02. The molecule has 1 atom stereocenters. The standard InChI is InChI=1S/C13H13N3O5/c1-2-8(13(20)21)15-11(18)7-6-14-10-9(17)4-3-5-16(10)12(7)19/h3-6,8,17H,2H2,1H3,(H,15,18)(H,20,21). The zero-order chi connectivity index (χ0) is 15.6. The van der Waals surface area contributed by atoms with Crippen molar-refractivity contribution < 1.29 is 19.8 Å². The number of pyridine rings is 1. The second-order valence-electron chi connectivity index (χ2n) is 4.34. The maximum atomic E-state index is 12.2. The number of carbonyl (C=O) groups is 2. The van der Waals surface area contributed by atoms with Gasteiger partial charge in [-0.15, -0.1) is 0 Å². The van der Waals surface area contributed by atoms with E-state index < -0.39 is 23.5 Å². The average molecular weight is 291 g/mol. The highest BCUT2D eigenvalue weighted by Gasteiger charge is 2.21. The number of amides is 1. The summed E-state index contributed by atoms with van der Waals surface area (Å²) in [5.74, 6) is -2.20. The van der Waals surface area contributed by atoms with E-state index in [1.54, 1.807) is 6.92 Å². The maximum Gasteiger partial charge on any atom is 0.326 e. The fraction of sp³-hybridized carbons (Fsp3) is 0.231. The van der Waals surface area contributed by atoms with Gasteiger partial charge in [0.05, 0.1) is 0 Å². The molecule has 0 aliphatic carbocycles. The molecular formula is C13H13N3O5. The second kappa shape index (κ2) is 5.61. The number of carboxylic acid groups (broad SMARTS) is 1. The summed E-state index contributed by atoms with van der Waals surface area (Å²) >= 11 is 0. The molecule has 3 N–H and O–H groups in total. The van der Waals surface area contributed by atoms with E-state index in [0.29, 0.717) is 0 Å². The quantitative estimate of drug-likeness (QED) is 0.728. The van der Waals surface area contributed by atoms with Crippen molar-refractivity contribution in [3.05, 3.63) is 40.4 Å². The molecule has 0 radical (unpaired) electrons. The molecule has 2 aromatic heterocycles. The van der Waals surface area contributed by atoms with Gasteiger partial charge in [-0.3, -0.25) is 14.0 Å². The molecular weight excluding hydrogens is 278 g/mol. The van der Waals surface area contributed by atoms with Gasteiger partial charge in [-0.2, -0.15) is 0 Å². The van der Waals surface area contributed by atoms with E-state index in [1.165, 1.54) is 18.3 Å². The Labute approximate surface area is 118 Å². The first-order chi connectivity index (χ1) is 9.95. The number of carbonyl (C=O) groups excluding carboxylic acids is 1. The van der Waals surface area contributed by atoms with Crippen LogP contribution >= 0.6 is 0 Å². The number of hydrogen-bond acceptors (Lipinski definition) is 5. The minimum Gasteiger partial charge on any atom is -0.504 e. The molecule has 0 spiro atoms. The molecule has 8 heteroatoms. The third kappa shape index (κ3) is 2.69. The lowest BCUT2D eigenvalue weighted by molar-refractivity contribution is -0.139. The fourth-order valence-electron chi connectivity index (χ4n) is 1.82. The summed E-state index contributed by atoms with van der Waals surface area (Å²) in [7, 11) is 0. The van der Waals surface area contributed by atoms with Crippen LogP contribution in [0.2, 0.25) is 0 Å². The van der Waals surface area contributed by atoms with Crippen molar-refractivity contribution >= 4 is 17.5 Å². The predicted octanol–water partition coefficient (Wildman–Crippen LogP) is -0.00690. The second-order valence-corrected chi connectivity index (χ2v) is 4.34. The maximum absolute atomic E-state index is 12.2. The van der Waals surface area contributed by atoms with Gasteiger partial charge in [-0.25, -0.2) is 9.78 Å². The summed E-state index contributed by atoms with van der Waals surface area (Å²) in [5, 5.41) is 20.7. The molecule has 21 heavy (non-hydrogen) atoms. The van der Waals surface area contributed by atoms with Gasteiger partial charge in [0.2, 0.25) is 0 Å². The van der Waals surface area contributed by atoms with Gasteiger partial charge in [0.15, 0.2) is 11.4 Å². The van der Waals surface area contributed by atoms with Gasteiger partial charge in [-0.1, -0.05) is 6.92 Å². The highest BCUT2D eigenvalue weighted by molar-refractivity contribution is 5.96. The van der Waals surface area contributed by atoms with Crippen LogP contribution in [0.4, 0.5) is 0 Å². The summed E-state index contributed by atoms with van der Waals surface area (Å²) in [5.41, 5.74) is -0.962. The monoisotopic (exact) mass is 291 g/mol. The van der Waals surface area contributed by atoms with Crippen LogP contribution in [0, 0.1) is 0 Å². The SMILES string of the molecule is CCC(NC(=O)c1cnc2c(O)cccn2c1=O)C(=O)O. The molecule has 0 fully saturated rings. The van der Waals surface area contributed by atoms with E-state index >= 15 is 0 Å². The van der Waals surface area contributed by atoms with Crippen LogP contribution in [0.25, 0.3) is 5.65 Å². The number of aromatic nitrogens is 2. The average Bonchev–Trinajstić information content (AvgIpc) is 2.45. The van der Waals surface area contributed by atoms with Crippen LogP contribution < -0.4 is 10.9 Å². The lowest BCUT2D eigenvalue weighted by Gasteiger charge is -2.12. The molecule has 0 saturated carbocycles. The Morgan fingerprint density at radius 1 is 1.48 bits per heavy atom. The third-order valence-electron chi connectivity index (χ3n) is 2.97. The van der Waals surface area contributed by atoms with Gasteiger partial charge in [-0.05, 0) is 18.6 Å². The first-order valence-corrected chi connectivity index (χ1v) is 6.18. The number of nitrogens with zero attached hydrogens (tertiary/aromatic N) is 2. The Bertz CT molecular complexity index is 768. The molecule has 2 aromatic rings. The Balaban J connectivity index is 2.43. The normalized spacial score (nSPS) is 12.0. The Hall–Kier alpha value is -2.90. The van der Waals surface area contributed by atoms with Crippen LogP contribution in [0.15, 0.2) is 29.3 Å². The van der Waals surface area contributed by atoms with E-state index in [2.05, 4.69) is 10.3 Å². The van der Waals surface area contributed by atoms with Crippen molar-refractivity contribution in [3.8, 4) is 5.75 Å². The number of aliphatic carboxylic acids is 1. The molecule has 1 unspecified atom stereocenters. The zero-order valence-corrected chi connectivity index (χ0v) is 11.1. The fourth-order valence-corrected chi connectivity index (χ4v) is 1.82. The number of fused-ring (bicyclic) bond motifs is 1. The molecule has 1 amide bonds. The van der Waals surface area contributed by atoms with Crippen LogP contribution in [0.3, 0.4) is 0 Å². The van der Waals surface area contributed by atoms with Crippen LogP contribution in [-0.2, 0) is 4.79 Å². The van der Waals surface area contributed by atoms with Gasteiger partial charge in [0.25, 0.3) is 11.5 Å². The summed E-state index contributed by atoms with van der Waals surface area (Å²) in [6.07, 6.45) is 2.56. The Morgan fingerprint density at radius 3 is 2.81 bits per heavy atom. The molecule has 2 rings (SSSR count). The van der Waals surface area contributed by atoms with Gasteiger partial charge < -0.3 is 15.5 Å². The van der Waals surface area contributed by atoms with Crippen LogP contribution in [0.1, 0.15) is 23.7 Å². The first-order valence-electron chi connectivity index (χ1n) is 6.18. The largest absolute Gasteiger partial charge is 0.504 e. The first kappa shape index (κ1) is 14.5. The minimum atomic E-state index is -1.18. The van der Waals surface area contributed by atoms with Gasteiger partial charge in [0.1, 0.15) is 11.6 Å². The van der Waals surface area contributed by atoms with E-state index in [9.17, 15) is 19.5 Å². The minimum absolute atomic E-state index is 0.0179. The van der Waals surface area contributed by atoms with Gasteiger partial charge in [0, 0.05) is 12.4 Å². The molecule has 8 nitrogen and oxygen atoms in total. The van der Waals surface area contributed by atoms with E-state index in [1.807, 2.05) is 0 Å². The number of rotatable bonds is 4. The van der Waals surface area contributed by atoms with E-state index in [0.717, 1.165) is 10.6 Å². The number of aromatic hydroxyl groups is 1. The number of nitrogens with one attached hydrogen (secondary N) is 1. The molecule has 0 aliphatic heterocycles. The summed E-state index contributed by atoms with van der Waals surface area (Å²) in [4.78, 5) is 38.9. The summed E-state index contributed by atoms with van der Waals surface area (Å²) in [6, 6.07) is 1.71. The van der Waals surface area contributed by atoms with Crippen molar-refractivity contribution in [2.45, 2.75) is 19.4 Å². The van der Waals surface area contributed by atoms with Crippen molar-refractivity contribution in [1.82, 2.24) is 14.7 Å². The Morgan fingerprint density at radius 2 is 2.19 bits per heavy atom. The lowest BCUT2D eigenvalue weighted by atomic mass is 10.2. The highest BCUT2D eigenvalue weighted by atomic mass is 16.4. The lowest BCUT2D eigenvalue weighted by Crippen LogP contribution is -2.42. The van der Waals surface area contributed by atoms with Crippen molar-refractivity contribution in [2.75, 3.05) is 0 Å². The summed E-state index contributed by atoms with van der Waals surface area (Å²) in [6.45, 7) is 1.60. The Kier molecular flexibility index (Phi) is 3.88. The molecule has 0 aromatic carbocycles. The van der Waals surface area contributed by atoms with Crippen molar-refractivity contribution in [1.29, 1.82) is 0 Å². The number of hydrogen-bond donors (Lipinski definition) is 3. The van der Waals surface area contributed by atoms with Crippen molar-refractivity contribution in [2.24, 2.45) is 0 Å².